The summed E-state index contributed by atoms with van der Waals surface area (Å²) in [6, 6.07) is 0.993. The lowest BCUT2D eigenvalue weighted by atomic mass is 10.0. The second-order valence-electron chi connectivity index (χ2n) is 4.24. The normalized spacial score (nSPS) is 11.0. The molecule has 0 unspecified atom stereocenters. The van der Waals surface area contributed by atoms with Crippen LogP contribution < -0.4 is 0 Å². The average Bonchev–Trinajstić information content (AvgIpc) is 2.85. The van der Waals surface area contributed by atoms with Gasteiger partial charge in [-0.15, -0.1) is 0 Å². The SMILES string of the molecule is COC(=O)c1c(O)cc(O)c(Cl)c1/C=C\c1nccn1C. The van der Waals surface area contributed by atoms with Crippen LogP contribution >= 0.6 is 11.6 Å². The average molecular weight is 309 g/mol. The second kappa shape index (κ2) is 5.88. The molecule has 1 aromatic carbocycles. The van der Waals surface area contributed by atoms with Gasteiger partial charge in [0, 0.05) is 31.1 Å². The Kier molecular flexibility index (Phi) is 4.18. The number of phenols is 2. The van der Waals surface area contributed by atoms with Crippen molar-refractivity contribution in [2.45, 2.75) is 0 Å². The van der Waals surface area contributed by atoms with Crippen LogP contribution in [0, 0.1) is 0 Å². The van der Waals surface area contributed by atoms with Crippen molar-refractivity contribution in [2.75, 3.05) is 7.11 Å². The number of ether oxygens (including phenoxy) is 1. The molecule has 0 bridgehead atoms. The number of aromatic nitrogens is 2. The Labute approximate surface area is 125 Å². The first-order chi connectivity index (χ1) is 9.95. The van der Waals surface area contributed by atoms with E-state index in [1.807, 2.05) is 0 Å². The predicted octanol–water partition coefficient (Wildman–Crippen LogP) is 2.44. The van der Waals surface area contributed by atoms with Crippen molar-refractivity contribution in [1.82, 2.24) is 9.55 Å². The maximum Gasteiger partial charge on any atom is 0.342 e. The first kappa shape index (κ1) is 14.9. The summed E-state index contributed by atoms with van der Waals surface area (Å²) in [7, 11) is 2.99. The number of phenolic OH excluding ortho intramolecular Hbond substituents is 2. The summed E-state index contributed by atoms with van der Waals surface area (Å²) >= 11 is 6.00. The van der Waals surface area contributed by atoms with E-state index in [4.69, 9.17) is 11.6 Å². The topological polar surface area (TPSA) is 84.6 Å². The maximum absolute atomic E-state index is 11.8. The lowest BCUT2D eigenvalue weighted by Gasteiger charge is -2.10. The van der Waals surface area contributed by atoms with Gasteiger partial charge in [0.1, 0.15) is 22.9 Å². The first-order valence-corrected chi connectivity index (χ1v) is 6.31. The number of imidazole rings is 1. The van der Waals surface area contributed by atoms with Gasteiger partial charge in [-0.3, -0.25) is 0 Å². The molecule has 0 saturated carbocycles. The highest BCUT2D eigenvalue weighted by Crippen LogP contribution is 2.37. The molecule has 0 aliphatic carbocycles. The fourth-order valence-electron chi connectivity index (χ4n) is 1.82. The molecule has 0 saturated heterocycles. The van der Waals surface area contributed by atoms with Crippen LogP contribution in [-0.2, 0) is 11.8 Å². The molecule has 2 rings (SSSR count). The van der Waals surface area contributed by atoms with Crippen LogP contribution in [0.3, 0.4) is 0 Å². The molecular weight excluding hydrogens is 296 g/mol. The van der Waals surface area contributed by atoms with Crippen LogP contribution in [0.25, 0.3) is 12.2 Å². The molecule has 1 heterocycles. The highest BCUT2D eigenvalue weighted by atomic mass is 35.5. The summed E-state index contributed by atoms with van der Waals surface area (Å²) in [4.78, 5) is 15.9. The molecular formula is C14H13ClN2O4. The predicted molar refractivity (Wildman–Crippen MR) is 78.3 cm³/mol. The third-order valence-corrected chi connectivity index (χ3v) is 3.30. The Morgan fingerprint density at radius 1 is 1.38 bits per heavy atom. The largest absolute Gasteiger partial charge is 0.507 e. The van der Waals surface area contributed by atoms with Crippen molar-refractivity contribution in [3.05, 3.63) is 40.4 Å². The number of aromatic hydroxyl groups is 2. The number of nitrogens with zero attached hydrogens (tertiary/aromatic N) is 2. The number of aryl methyl sites for hydroxylation is 1. The van der Waals surface area contributed by atoms with E-state index >= 15 is 0 Å². The molecule has 0 aliphatic rings. The number of hydrogen-bond donors (Lipinski definition) is 2. The van der Waals surface area contributed by atoms with Gasteiger partial charge in [0.05, 0.1) is 12.1 Å². The van der Waals surface area contributed by atoms with Gasteiger partial charge < -0.3 is 19.5 Å². The monoisotopic (exact) mass is 308 g/mol. The van der Waals surface area contributed by atoms with E-state index in [9.17, 15) is 15.0 Å². The Balaban J connectivity index is 2.58. The van der Waals surface area contributed by atoms with E-state index in [1.165, 1.54) is 13.2 Å². The first-order valence-electron chi connectivity index (χ1n) is 5.93. The maximum atomic E-state index is 11.8. The van der Waals surface area contributed by atoms with Gasteiger partial charge in [0.15, 0.2) is 0 Å². The summed E-state index contributed by atoms with van der Waals surface area (Å²) < 4.78 is 6.37. The molecule has 0 atom stereocenters. The Hall–Kier alpha value is -2.47. The summed E-state index contributed by atoms with van der Waals surface area (Å²) in [6.45, 7) is 0. The van der Waals surface area contributed by atoms with E-state index < -0.39 is 11.7 Å². The molecule has 0 amide bonds. The zero-order valence-corrected chi connectivity index (χ0v) is 12.1. The zero-order valence-electron chi connectivity index (χ0n) is 11.4. The summed E-state index contributed by atoms with van der Waals surface area (Å²) in [6.07, 6.45) is 6.45. The fraction of sp³-hybridized carbons (Fsp3) is 0.143. The number of rotatable bonds is 3. The van der Waals surface area contributed by atoms with Gasteiger partial charge in [-0.25, -0.2) is 9.78 Å². The fourth-order valence-corrected chi connectivity index (χ4v) is 2.03. The van der Waals surface area contributed by atoms with E-state index in [0.29, 0.717) is 5.82 Å². The van der Waals surface area contributed by atoms with Gasteiger partial charge >= 0.3 is 5.97 Å². The van der Waals surface area contributed by atoms with Crippen molar-refractivity contribution in [3.63, 3.8) is 0 Å². The van der Waals surface area contributed by atoms with Crippen molar-refractivity contribution >= 4 is 29.7 Å². The quantitative estimate of drug-likeness (QED) is 0.851. The molecule has 7 heteroatoms. The van der Waals surface area contributed by atoms with Crippen LogP contribution in [-0.4, -0.2) is 32.8 Å². The summed E-state index contributed by atoms with van der Waals surface area (Å²) in [5.74, 6) is -0.886. The minimum absolute atomic E-state index is 0.0568. The second-order valence-corrected chi connectivity index (χ2v) is 4.62. The highest BCUT2D eigenvalue weighted by Gasteiger charge is 2.21. The molecule has 0 fully saturated rings. The van der Waals surface area contributed by atoms with Crippen molar-refractivity contribution in [3.8, 4) is 11.5 Å². The zero-order chi connectivity index (χ0) is 15.6. The third kappa shape index (κ3) is 2.85. The Bertz CT molecular complexity index is 722. The molecule has 21 heavy (non-hydrogen) atoms. The van der Waals surface area contributed by atoms with Crippen molar-refractivity contribution in [1.29, 1.82) is 0 Å². The number of methoxy groups -OCH3 is 1. The van der Waals surface area contributed by atoms with Crippen LogP contribution in [0.15, 0.2) is 18.5 Å². The highest BCUT2D eigenvalue weighted by molar-refractivity contribution is 6.34. The number of benzene rings is 1. The molecule has 6 nitrogen and oxygen atoms in total. The van der Waals surface area contributed by atoms with Crippen molar-refractivity contribution < 1.29 is 19.7 Å². The van der Waals surface area contributed by atoms with E-state index in [1.54, 1.807) is 30.1 Å². The molecule has 1 aromatic heterocycles. The Morgan fingerprint density at radius 2 is 2.10 bits per heavy atom. The number of carbonyl (C=O) groups excluding carboxylic acids is 1. The van der Waals surface area contributed by atoms with Gasteiger partial charge in [0.2, 0.25) is 0 Å². The lowest BCUT2D eigenvalue weighted by Crippen LogP contribution is -2.05. The summed E-state index contributed by atoms with van der Waals surface area (Å²) in [5.41, 5.74) is 0.0368. The molecule has 2 N–H and O–H groups in total. The van der Waals surface area contributed by atoms with Crippen molar-refractivity contribution in [2.24, 2.45) is 7.05 Å². The Morgan fingerprint density at radius 3 is 2.67 bits per heavy atom. The molecule has 0 radical (unpaired) electrons. The lowest BCUT2D eigenvalue weighted by molar-refractivity contribution is 0.0597. The van der Waals surface area contributed by atoms with Crippen LogP contribution in [0.4, 0.5) is 0 Å². The van der Waals surface area contributed by atoms with E-state index in [0.717, 1.165) is 6.07 Å². The van der Waals surface area contributed by atoms with E-state index in [-0.39, 0.29) is 21.9 Å². The van der Waals surface area contributed by atoms with Crippen LogP contribution in [0.2, 0.25) is 5.02 Å². The van der Waals surface area contributed by atoms with Gasteiger partial charge in [-0.1, -0.05) is 11.6 Å². The number of halogens is 1. The standard InChI is InChI=1S/C14H13ClN2O4/c1-17-6-5-16-11(17)4-3-8-12(14(20)21-2)9(18)7-10(19)13(8)15/h3-7,18-19H,1-2H3/b4-3-. The van der Waals surface area contributed by atoms with E-state index in [2.05, 4.69) is 9.72 Å². The molecule has 110 valence electrons. The molecule has 0 aliphatic heterocycles. The molecule has 2 aromatic rings. The van der Waals surface area contributed by atoms with Gasteiger partial charge in [-0.05, 0) is 12.2 Å². The number of hydrogen-bond acceptors (Lipinski definition) is 5. The van der Waals surface area contributed by atoms with Gasteiger partial charge in [0.25, 0.3) is 0 Å². The minimum atomic E-state index is -0.756. The van der Waals surface area contributed by atoms with Gasteiger partial charge in [-0.2, -0.15) is 0 Å². The van der Waals surface area contributed by atoms with Crippen LogP contribution in [0.5, 0.6) is 11.5 Å². The number of carbonyl (C=O) groups is 1. The smallest absolute Gasteiger partial charge is 0.342 e. The molecule has 0 spiro atoms. The minimum Gasteiger partial charge on any atom is -0.507 e. The third-order valence-electron chi connectivity index (χ3n) is 2.91. The number of esters is 1. The van der Waals surface area contributed by atoms with Crippen LogP contribution in [0.1, 0.15) is 21.7 Å². The summed E-state index contributed by atoms with van der Waals surface area (Å²) in [5, 5.41) is 19.5.